The molecule has 2 aliphatic rings. The number of carboxylic acid groups (broad SMARTS) is 1. The van der Waals surface area contributed by atoms with E-state index in [2.05, 4.69) is 63.8 Å². The summed E-state index contributed by atoms with van der Waals surface area (Å²) in [5.41, 5.74) is 12.3. The van der Waals surface area contributed by atoms with E-state index in [9.17, 15) is 93.0 Å². The molecule has 3 aromatic carbocycles. The second kappa shape index (κ2) is 42.4. The van der Waals surface area contributed by atoms with Gasteiger partial charge in [-0.2, -0.15) is 0 Å². The van der Waals surface area contributed by atoms with Crippen LogP contribution in [0.4, 0.5) is 0 Å². The number of ether oxygens (including phenoxy) is 1. The maximum Gasteiger partial charge on any atom is 0.329 e. The fourth-order valence-electron chi connectivity index (χ4n) is 11.5. The first-order valence-electron chi connectivity index (χ1n) is 35.3. The summed E-state index contributed by atoms with van der Waals surface area (Å²) < 4.78 is 5.63. The number of unbranched alkanes of at least 4 members (excludes halogenated alkanes) is 1. The molecule has 106 heavy (non-hydrogen) atoms. The fraction of sp³-hybridized carbons (Fsp3) is 0.549. The van der Waals surface area contributed by atoms with Crippen molar-refractivity contribution < 1.29 is 102 Å². The van der Waals surface area contributed by atoms with Crippen LogP contribution in [0.3, 0.4) is 0 Å². The monoisotopic (exact) mass is 1490 g/mol. The third kappa shape index (κ3) is 28.2. The topological polar surface area (TPSA) is 566 Å². The van der Waals surface area contributed by atoms with Crippen molar-refractivity contribution in [1.29, 1.82) is 0 Å². The standard InChI is InChI=1S/C71H102N14O21/c1-7-37(4)58-71(105)106-35-46(90)34-54(81-66(100)51(31-40-13-19-43(87)20-14-40)80-63(97)49(25-27-55(73)91)77-61(95)47-12-10-30-74-47)68(102)83-57(36(2)3)69(103)78-50(26-28-56(92)93)64(98)85-59(39(6)86)70(104)82-52(32-41-15-21-44(88)22-16-41)65(99)76-48(11-8-9-29-72)62(96)75-38(5)60(94)79-53(67(101)84-58)33-42-17-23-45(89)24-18-42/h13-24,36-39,46-54,57-59,74,86-90H,7-12,25-35,72H2,1-6H3,(H2,73,91)(H,75,96)(H,76,99)(H,77,95)(H,78,103)(H,79,94)(H,80,97)(H,81,100)(H,82,104)(H,83,102)(H,84,101)(H,85,98)(H,92,93)/t37-,38+,39+,46-,47-,48-,49-,50+,51-,52+,53-,54-,57+,58-,59-/m0/s1. The van der Waals surface area contributed by atoms with Crippen molar-refractivity contribution in [2.24, 2.45) is 23.3 Å². The molecular formula is C71H102N14O21. The highest BCUT2D eigenvalue weighted by Gasteiger charge is 2.40. The molecule has 15 atom stereocenters. The predicted octanol–water partition coefficient (Wildman–Crippen LogP) is -3.41. The average molecular weight is 1490 g/mol. The van der Waals surface area contributed by atoms with E-state index in [0.29, 0.717) is 42.5 Å². The number of nitrogens with two attached hydrogens (primary N) is 2. The van der Waals surface area contributed by atoms with Crippen molar-refractivity contribution in [3.8, 4) is 17.2 Å². The summed E-state index contributed by atoms with van der Waals surface area (Å²) >= 11 is 0. The van der Waals surface area contributed by atoms with Gasteiger partial charge in [0.2, 0.25) is 70.9 Å². The quantitative estimate of drug-likeness (QED) is 0.0275. The number of esters is 1. The summed E-state index contributed by atoms with van der Waals surface area (Å²) in [7, 11) is 0. The van der Waals surface area contributed by atoms with E-state index in [4.69, 9.17) is 16.2 Å². The molecule has 35 heteroatoms. The van der Waals surface area contributed by atoms with Crippen LogP contribution in [0.5, 0.6) is 17.2 Å². The first kappa shape index (κ1) is 86.1. The Kier molecular flexibility index (Phi) is 34.5. The average Bonchev–Trinajstić information content (AvgIpc) is 0.961. The number of hydrogen-bond donors (Lipinski definition) is 20. The van der Waals surface area contributed by atoms with Gasteiger partial charge >= 0.3 is 11.9 Å². The van der Waals surface area contributed by atoms with Crippen LogP contribution < -0.4 is 75.3 Å². The number of carbonyl (C=O) groups is 14. The van der Waals surface area contributed by atoms with Crippen molar-refractivity contribution in [3.05, 3.63) is 89.5 Å². The van der Waals surface area contributed by atoms with Crippen molar-refractivity contribution in [2.45, 2.75) is 216 Å². The van der Waals surface area contributed by atoms with Gasteiger partial charge in [-0.25, -0.2) is 4.79 Å². The number of hydrogen-bond acceptors (Lipinski definition) is 22. The normalized spacial score (nSPS) is 24.2. The minimum Gasteiger partial charge on any atom is -0.508 e. The molecule has 3 aromatic rings. The van der Waals surface area contributed by atoms with E-state index in [1.54, 1.807) is 13.8 Å². The number of benzene rings is 3. The van der Waals surface area contributed by atoms with Gasteiger partial charge in [-0.15, -0.1) is 0 Å². The molecule has 5 rings (SSSR count). The number of carbonyl (C=O) groups excluding carboxylic acids is 13. The Balaban J connectivity index is 1.63. The maximum absolute atomic E-state index is 15.0. The molecule has 12 amide bonds. The number of phenols is 3. The number of amides is 12. The van der Waals surface area contributed by atoms with Gasteiger partial charge in [-0.3, -0.25) is 62.3 Å². The van der Waals surface area contributed by atoms with Gasteiger partial charge in [-0.05, 0) is 137 Å². The molecule has 2 heterocycles. The predicted molar refractivity (Wildman–Crippen MR) is 379 cm³/mol. The largest absolute Gasteiger partial charge is 0.508 e. The van der Waals surface area contributed by atoms with Crippen LogP contribution in [0.1, 0.15) is 129 Å². The molecule has 0 bridgehead atoms. The summed E-state index contributed by atoms with van der Waals surface area (Å²) in [4.78, 5) is 198. The second-order valence-corrected chi connectivity index (χ2v) is 27.0. The molecule has 582 valence electrons. The number of aromatic hydroxyl groups is 3. The van der Waals surface area contributed by atoms with Crippen molar-refractivity contribution in [1.82, 2.24) is 63.8 Å². The molecular weight excluding hydrogens is 1380 g/mol. The smallest absolute Gasteiger partial charge is 0.329 e. The van der Waals surface area contributed by atoms with Crippen LogP contribution >= 0.6 is 0 Å². The number of carboxylic acids is 1. The SMILES string of the molecule is CC[C@H](C)[C@@H]1NC(=O)[C@H](Cc2ccc(O)cc2)NC(=O)[C@@H](C)NC(=O)[C@H](CCCCN)NC(=O)[C@@H](Cc2ccc(O)cc2)NC(=O)[C@H]([C@@H](C)O)NC(=O)[C@@H](CCC(=O)O)NC(=O)[C@@H](C(C)C)NC(=O)[C@@H](NC(=O)[C@H](Cc2ccc(O)cc2)NC(=O)[C@H](CCC(N)=O)NC(=O)[C@@H]2CCCN2)C[C@H](O)COC1=O. The van der Waals surface area contributed by atoms with Crippen molar-refractivity contribution in [3.63, 3.8) is 0 Å². The molecule has 0 saturated carbocycles. The van der Waals surface area contributed by atoms with Crippen molar-refractivity contribution in [2.75, 3.05) is 19.7 Å². The second-order valence-electron chi connectivity index (χ2n) is 27.0. The highest BCUT2D eigenvalue weighted by atomic mass is 16.5. The Morgan fingerprint density at radius 2 is 1.08 bits per heavy atom. The van der Waals surface area contributed by atoms with Gasteiger partial charge < -0.3 is 111 Å². The van der Waals surface area contributed by atoms with E-state index in [0.717, 1.165) is 6.92 Å². The lowest BCUT2D eigenvalue weighted by atomic mass is 9.97. The highest BCUT2D eigenvalue weighted by Crippen LogP contribution is 2.19. The van der Waals surface area contributed by atoms with E-state index in [1.165, 1.54) is 93.6 Å². The summed E-state index contributed by atoms with van der Waals surface area (Å²) in [6.07, 6.45) is -6.16. The zero-order chi connectivity index (χ0) is 78.5. The number of aliphatic hydroxyl groups excluding tert-OH is 2. The van der Waals surface area contributed by atoms with Crippen LogP contribution in [0.2, 0.25) is 0 Å². The van der Waals surface area contributed by atoms with E-state index < -0.39 is 218 Å². The van der Waals surface area contributed by atoms with Gasteiger partial charge in [-0.1, -0.05) is 70.5 Å². The first-order valence-corrected chi connectivity index (χ1v) is 35.3. The van der Waals surface area contributed by atoms with Gasteiger partial charge in [0.05, 0.1) is 18.2 Å². The van der Waals surface area contributed by atoms with Crippen LogP contribution in [0, 0.1) is 11.8 Å². The number of cyclic esters (lactones) is 1. The molecule has 0 aliphatic carbocycles. The lowest BCUT2D eigenvalue weighted by Crippen LogP contribution is -2.63. The number of aliphatic carboxylic acids is 1. The number of rotatable bonds is 26. The third-order valence-electron chi connectivity index (χ3n) is 18.0. The van der Waals surface area contributed by atoms with Crippen LogP contribution in [0.15, 0.2) is 72.8 Å². The summed E-state index contributed by atoms with van der Waals surface area (Å²) in [6.45, 7) is 8.17. The zero-order valence-corrected chi connectivity index (χ0v) is 60.1. The van der Waals surface area contributed by atoms with Crippen molar-refractivity contribution >= 4 is 82.8 Å². The first-order chi connectivity index (χ1) is 50.2. The Bertz CT molecular complexity index is 3520. The Morgan fingerprint density at radius 3 is 1.61 bits per heavy atom. The van der Waals surface area contributed by atoms with Gasteiger partial charge in [0.1, 0.15) is 90.3 Å². The molecule has 0 radical (unpaired) electrons. The highest BCUT2D eigenvalue weighted by molar-refractivity contribution is 6.00. The van der Waals surface area contributed by atoms with Gasteiger partial charge in [0, 0.05) is 38.5 Å². The molecule has 2 saturated heterocycles. The lowest BCUT2D eigenvalue weighted by molar-refractivity contribution is -0.153. The molecule has 2 aliphatic heterocycles. The molecule has 35 nitrogen and oxygen atoms in total. The number of nitrogens with one attached hydrogen (secondary N) is 12. The van der Waals surface area contributed by atoms with Crippen LogP contribution in [0.25, 0.3) is 0 Å². The maximum atomic E-state index is 15.0. The molecule has 22 N–H and O–H groups in total. The summed E-state index contributed by atoms with van der Waals surface area (Å²) in [5.74, 6) is -17.2. The molecule has 0 unspecified atom stereocenters. The zero-order valence-electron chi connectivity index (χ0n) is 60.1. The van der Waals surface area contributed by atoms with Crippen LogP contribution in [-0.4, -0.2) is 218 Å². The minimum atomic E-state index is -2.00. The van der Waals surface area contributed by atoms with E-state index in [1.807, 2.05) is 0 Å². The number of primary amides is 1. The third-order valence-corrected chi connectivity index (χ3v) is 18.0. The van der Waals surface area contributed by atoms with Gasteiger partial charge in [0.25, 0.3) is 0 Å². The summed E-state index contributed by atoms with van der Waals surface area (Å²) in [5, 5.41) is 94.0. The molecule has 2 fully saturated rings. The van der Waals surface area contributed by atoms with E-state index in [-0.39, 0.29) is 62.3 Å². The minimum absolute atomic E-state index is 0.0940. The Hall–Kier alpha value is -10.5. The Labute approximate surface area is 612 Å². The number of aliphatic hydroxyl groups is 2. The number of phenolic OH excluding ortho intramolecular Hbond substituents is 3. The Morgan fingerprint density at radius 1 is 0.585 bits per heavy atom. The van der Waals surface area contributed by atoms with Crippen LogP contribution in [-0.2, 0) is 91.1 Å². The van der Waals surface area contributed by atoms with Gasteiger partial charge in [0.15, 0.2) is 0 Å². The molecule has 0 spiro atoms. The summed E-state index contributed by atoms with van der Waals surface area (Å²) in [6, 6.07) is -2.92. The van der Waals surface area contributed by atoms with E-state index >= 15 is 4.79 Å². The lowest BCUT2D eigenvalue weighted by Gasteiger charge is -2.30. The fourth-order valence-corrected chi connectivity index (χ4v) is 11.5. The molecule has 0 aromatic heterocycles.